The van der Waals surface area contributed by atoms with Crippen LogP contribution in [0.2, 0.25) is 0 Å². The summed E-state index contributed by atoms with van der Waals surface area (Å²) in [4.78, 5) is 10.7. The summed E-state index contributed by atoms with van der Waals surface area (Å²) in [5, 5.41) is 13.7. The minimum Gasteiger partial charge on any atom is -0.491 e. The van der Waals surface area contributed by atoms with Gasteiger partial charge < -0.3 is 15.2 Å². The van der Waals surface area contributed by atoms with Crippen LogP contribution in [0.5, 0.6) is 5.75 Å². The first kappa shape index (κ1) is 20.1. The number of aliphatic hydroxyl groups is 1. The standard InChI is InChI=1S/C20H28N4O2S/c25-19(15-24-9-11-27-12-10-24)16-26-20-4-2-1-3-17(20)13-21-6-5-18-14-22-7-8-23-18/h1-4,7-8,14,19,21,25H,5-6,9-13,15-16H2. The van der Waals surface area contributed by atoms with Crippen molar-refractivity contribution in [2.75, 3.05) is 44.3 Å². The van der Waals surface area contributed by atoms with Crippen molar-refractivity contribution in [3.8, 4) is 5.75 Å². The number of nitrogens with zero attached hydrogens (tertiary/aromatic N) is 3. The number of benzene rings is 1. The summed E-state index contributed by atoms with van der Waals surface area (Å²) in [7, 11) is 0. The van der Waals surface area contributed by atoms with Gasteiger partial charge in [-0.15, -0.1) is 0 Å². The Hall–Kier alpha value is -1.67. The Bertz CT molecular complexity index is 668. The molecule has 0 bridgehead atoms. The molecule has 1 aromatic heterocycles. The van der Waals surface area contributed by atoms with Crippen molar-refractivity contribution in [2.45, 2.75) is 19.1 Å². The van der Waals surface area contributed by atoms with Crippen molar-refractivity contribution >= 4 is 11.8 Å². The molecule has 1 saturated heterocycles. The van der Waals surface area contributed by atoms with Crippen LogP contribution in [0, 0.1) is 0 Å². The van der Waals surface area contributed by atoms with Gasteiger partial charge in [-0.1, -0.05) is 18.2 Å². The van der Waals surface area contributed by atoms with Gasteiger partial charge in [0.2, 0.25) is 0 Å². The van der Waals surface area contributed by atoms with Crippen LogP contribution in [0.3, 0.4) is 0 Å². The van der Waals surface area contributed by atoms with E-state index in [-0.39, 0.29) is 0 Å². The highest BCUT2D eigenvalue weighted by molar-refractivity contribution is 7.99. The summed E-state index contributed by atoms with van der Waals surface area (Å²) < 4.78 is 5.91. The molecular weight excluding hydrogens is 360 g/mol. The minimum atomic E-state index is -0.467. The van der Waals surface area contributed by atoms with E-state index in [1.807, 2.05) is 30.0 Å². The fourth-order valence-electron chi connectivity index (χ4n) is 3.01. The minimum absolute atomic E-state index is 0.320. The Kier molecular flexibility index (Phi) is 8.35. The van der Waals surface area contributed by atoms with E-state index < -0.39 is 6.10 Å². The number of hydrogen-bond acceptors (Lipinski definition) is 7. The lowest BCUT2D eigenvalue weighted by Gasteiger charge is -2.28. The highest BCUT2D eigenvalue weighted by Gasteiger charge is 2.15. The summed E-state index contributed by atoms with van der Waals surface area (Å²) in [6.07, 6.45) is 5.56. The largest absolute Gasteiger partial charge is 0.491 e. The summed E-state index contributed by atoms with van der Waals surface area (Å²) in [6.45, 7) is 4.64. The van der Waals surface area contributed by atoms with Crippen LogP contribution >= 0.6 is 11.8 Å². The van der Waals surface area contributed by atoms with Crippen LogP contribution in [0.4, 0.5) is 0 Å². The maximum Gasteiger partial charge on any atom is 0.123 e. The summed E-state index contributed by atoms with van der Waals surface area (Å²) in [5.41, 5.74) is 2.08. The summed E-state index contributed by atoms with van der Waals surface area (Å²) >= 11 is 1.98. The van der Waals surface area contributed by atoms with Gasteiger partial charge in [-0.3, -0.25) is 14.9 Å². The zero-order valence-corrected chi connectivity index (χ0v) is 16.4. The van der Waals surface area contributed by atoms with Gasteiger partial charge in [0, 0.05) is 74.8 Å². The van der Waals surface area contributed by atoms with Gasteiger partial charge in [-0.25, -0.2) is 0 Å². The van der Waals surface area contributed by atoms with E-state index in [4.69, 9.17) is 4.74 Å². The third-order valence-electron chi connectivity index (χ3n) is 4.47. The quantitative estimate of drug-likeness (QED) is 0.599. The molecule has 2 heterocycles. The first-order valence-corrected chi connectivity index (χ1v) is 10.6. The molecule has 6 nitrogen and oxygen atoms in total. The van der Waals surface area contributed by atoms with Gasteiger partial charge in [-0.2, -0.15) is 11.8 Å². The first-order valence-electron chi connectivity index (χ1n) is 9.46. The van der Waals surface area contributed by atoms with E-state index in [1.165, 1.54) is 0 Å². The Balaban J connectivity index is 1.41. The van der Waals surface area contributed by atoms with Crippen LogP contribution in [0.25, 0.3) is 0 Å². The lowest BCUT2D eigenvalue weighted by molar-refractivity contribution is 0.0711. The molecule has 0 spiro atoms. The van der Waals surface area contributed by atoms with E-state index in [1.54, 1.807) is 18.6 Å². The van der Waals surface area contributed by atoms with Crippen molar-refractivity contribution in [1.29, 1.82) is 0 Å². The molecule has 7 heteroatoms. The molecule has 1 aliphatic heterocycles. The SMILES string of the molecule is OC(COc1ccccc1CNCCc1cnccn1)CN1CCSCC1. The third-order valence-corrected chi connectivity index (χ3v) is 5.41. The number of para-hydroxylation sites is 1. The van der Waals surface area contributed by atoms with Crippen LogP contribution in [-0.2, 0) is 13.0 Å². The number of nitrogens with one attached hydrogen (secondary N) is 1. The smallest absolute Gasteiger partial charge is 0.123 e. The summed E-state index contributed by atoms with van der Waals surface area (Å²) in [5.74, 6) is 3.13. The molecule has 27 heavy (non-hydrogen) atoms. The third kappa shape index (κ3) is 7.10. The molecule has 1 aliphatic rings. The van der Waals surface area contributed by atoms with Crippen molar-refractivity contribution in [3.63, 3.8) is 0 Å². The van der Waals surface area contributed by atoms with Crippen LogP contribution in [0.1, 0.15) is 11.3 Å². The Morgan fingerprint density at radius 3 is 2.89 bits per heavy atom. The lowest BCUT2D eigenvalue weighted by Crippen LogP contribution is -2.40. The van der Waals surface area contributed by atoms with Crippen molar-refractivity contribution in [2.24, 2.45) is 0 Å². The molecule has 146 valence electrons. The molecule has 1 unspecified atom stereocenters. The Labute approximate surface area is 165 Å². The van der Waals surface area contributed by atoms with E-state index in [0.29, 0.717) is 13.2 Å². The van der Waals surface area contributed by atoms with Crippen molar-refractivity contribution in [1.82, 2.24) is 20.2 Å². The molecule has 2 aromatic rings. The van der Waals surface area contributed by atoms with Crippen LogP contribution in [-0.4, -0.2) is 70.4 Å². The Morgan fingerprint density at radius 1 is 1.22 bits per heavy atom. The van der Waals surface area contributed by atoms with E-state index in [2.05, 4.69) is 26.3 Å². The number of β-amino-alcohol motifs (C(OH)–C–C–N with tert-alkyl or cyclic N) is 1. The number of aromatic nitrogens is 2. The normalized spacial score (nSPS) is 16.2. The highest BCUT2D eigenvalue weighted by Crippen LogP contribution is 2.18. The summed E-state index contributed by atoms with van der Waals surface area (Å²) in [6, 6.07) is 7.99. The maximum atomic E-state index is 10.3. The monoisotopic (exact) mass is 388 g/mol. The molecule has 2 N–H and O–H groups in total. The molecular formula is C20H28N4O2S. The number of thioether (sulfide) groups is 1. The number of ether oxygens (including phenoxy) is 1. The Morgan fingerprint density at radius 2 is 2.07 bits per heavy atom. The van der Waals surface area contributed by atoms with E-state index in [9.17, 15) is 5.11 Å². The van der Waals surface area contributed by atoms with Gasteiger partial charge in [0.1, 0.15) is 18.5 Å². The second-order valence-corrected chi connectivity index (χ2v) is 7.83. The molecule has 0 amide bonds. The first-order chi connectivity index (χ1) is 13.3. The van der Waals surface area contributed by atoms with Gasteiger partial charge in [-0.05, 0) is 6.07 Å². The molecule has 1 fully saturated rings. The topological polar surface area (TPSA) is 70.5 Å². The highest BCUT2D eigenvalue weighted by atomic mass is 32.2. The fourth-order valence-corrected chi connectivity index (χ4v) is 3.99. The average molecular weight is 389 g/mol. The average Bonchev–Trinajstić information content (AvgIpc) is 2.72. The second kappa shape index (κ2) is 11.2. The molecule has 0 radical (unpaired) electrons. The van der Waals surface area contributed by atoms with E-state index >= 15 is 0 Å². The number of hydrogen-bond donors (Lipinski definition) is 2. The predicted octanol–water partition coefficient (Wildman–Crippen LogP) is 1.60. The zero-order chi connectivity index (χ0) is 18.7. The predicted molar refractivity (Wildman–Crippen MR) is 109 cm³/mol. The zero-order valence-electron chi connectivity index (χ0n) is 15.6. The number of rotatable bonds is 10. The van der Waals surface area contributed by atoms with Crippen LogP contribution < -0.4 is 10.1 Å². The maximum absolute atomic E-state index is 10.3. The second-order valence-electron chi connectivity index (χ2n) is 6.61. The molecule has 3 rings (SSSR count). The lowest BCUT2D eigenvalue weighted by atomic mass is 10.2. The van der Waals surface area contributed by atoms with Crippen molar-refractivity contribution in [3.05, 3.63) is 54.1 Å². The molecule has 1 aromatic carbocycles. The number of aliphatic hydroxyl groups excluding tert-OH is 1. The van der Waals surface area contributed by atoms with Gasteiger partial charge in [0.05, 0.1) is 5.69 Å². The van der Waals surface area contributed by atoms with Gasteiger partial charge in [0.25, 0.3) is 0 Å². The molecule has 0 saturated carbocycles. The fraction of sp³-hybridized carbons (Fsp3) is 0.500. The van der Waals surface area contributed by atoms with Gasteiger partial charge >= 0.3 is 0 Å². The van der Waals surface area contributed by atoms with Crippen molar-refractivity contribution < 1.29 is 9.84 Å². The molecule has 0 aliphatic carbocycles. The molecule has 1 atom stereocenters. The van der Waals surface area contributed by atoms with Crippen LogP contribution in [0.15, 0.2) is 42.9 Å². The van der Waals surface area contributed by atoms with E-state index in [0.717, 1.165) is 61.1 Å². The van der Waals surface area contributed by atoms with Gasteiger partial charge in [0.15, 0.2) is 0 Å².